The summed E-state index contributed by atoms with van der Waals surface area (Å²) in [5, 5.41) is 3.83. The Hall–Kier alpha value is -3.08. The fraction of sp³-hybridized carbons (Fsp3) is 0.273. The minimum atomic E-state index is -0.560. The van der Waals surface area contributed by atoms with Crippen LogP contribution in [-0.4, -0.2) is 23.0 Å². The first-order valence-corrected chi connectivity index (χ1v) is 8.93. The zero-order chi connectivity index (χ0) is 19.6. The van der Waals surface area contributed by atoms with E-state index >= 15 is 0 Å². The first-order chi connectivity index (χ1) is 12.7. The lowest BCUT2D eigenvalue weighted by Crippen LogP contribution is -2.47. The largest absolute Gasteiger partial charge is 0.490 e. The van der Waals surface area contributed by atoms with E-state index in [1.807, 2.05) is 70.2 Å². The molecule has 27 heavy (non-hydrogen) atoms. The predicted octanol–water partition coefficient (Wildman–Crippen LogP) is 4.02. The molecule has 0 aliphatic heterocycles. The van der Waals surface area contributed by atoms with E-state index < -0.39 is 5.54 Å². The van der Waals surface area contributed by atoms with Crippen LogP contribution >= 0.6 is 0 Å². The van der Waals surface area contributed by atoms with Crippen LogP contribution in [0.25, 0.3) is 10.9 Å². The molecule has 5 nitrogen and oxygen atoms in total. The van der Waals surface area contributed by atoms with Gasteiger partial charge in [0.05, 0.1) is 16.4 Å². The normalized spacial score (nSPS) is 11.4. The zero-order valence-corrected chi connectivity index (χ0v) is 16.2. The molecule has 3 N–H and O–H groups in total. The van der Waals surface area contributed by atoms with Gasteiger partial charge in [-0.05, 0) is 58.0 Å². The Kier molecular flexibility index (Phi) is 5.04. The van der Waals surface area contributed by atoms with Crippen LogP contribution < -0.4 is 15.8 Å². The topological polar surface area (TPSA) is 77.2 Å². The quantitative estimate of drug-likeness (QED) is 0.718. The van der Waals surface area contributed by atoms with E-state index in [-0.39, 0.29) is 5.91 Å². The van der Waals surface area contributed by atoms with Crippen LogP contribution in [0.2, 0.25) is 0 Å². The highest BCUT2D eigenvalue weighted by Crippen LogP contribution is 2.30. The summed E-state index contributed by atoms with van der Waals surface area (Å²) in [4.78, 5) is 17.0. The van der Waals surface area contributed by atoms with Crippen LogP contribution in [0.4, 0.5) is 5.69 Å². The number of benzene rings is 2. The van der Waals surface area contributed by atoms with Gasteiger partial charge >= 0.3 is 0 Å². The number of nitrogens with zero attached hydrogens (tertiary/aromatic N) is 1. The third kappa shape index (κ3) is 4.37. The first kappa shape index (κ1) is 18.7. The van der Waals surface area contributed by atoms with Crippen LogP contribution in [0.1, 0.15) is 35.5 Å². The zero-order valence-electron chi connectivity index (χ0n) is 16.2. The highest BCUT2D eigenvalue weighted by atomic mass is 16.5. The standard InChI is InChI=1S/C22H25N3O2/c1-14-7-5-8-16(11-14)21(26)25-22(3,4)13-27-19-10-6-9-18-20(19)17(23)12-15(2)24-18/h5-12H,13H2,1-4H3,(H2,23,24)(H,25,26). The molecule has 3 rings (SSSR count). The molecule has 1 heterocycles. The molecule has 0 bridgehead atoms. The van der Waals surface area contributed by atoms with Gasteiger partial charge in [0.25, 0.3) is 5.91 Å². The van der Waals surface area contributed by atoms with E-state index in [9.17, 15) is 4.79 Å². The van der Waals surface area contributed by atoms with Crippen molar-refractivity contribution < 1.29 is 9.53 Å². The smallest absolute Gasteiger partial charge is 0.251 e. The third-order valence-electron chi connectivity index (χ3n) is 4.27. The molecule has 5 heteroatoms. The summed E-state index contributed by atoms with van der Waals surface area (Å²) < 4.78 is 6.03. The maximum absolute atomic E-state index is 12.5. The summed E-state index contributed by atoms with van der Waals surface area (Å²) in [6.07, 6.45) is 0. The van der Waals surface area contributed by atoms with Gasteiger partial charge in [-0.2, -0.15) is 0 Å². The van der Waals surface area contributed by atoms with Gasteiger partial charge in [-0.25, -0.2) is 0 Å². The molecule has 0 atom stereocenters. The molecule has 3 aromatic rings. The van der Waals surface area contributed by atoms with Gasteiger partial charge in [-0.15, -0.1) is 0 Å². The van der Waals surface area contributed by atoms with Gasteiger partial charge in [-0.3, -0.25) is 9.78 Å². The Labute approximate surface area is 159 Å². The van der Waals surface area contributed by atoms with E-state index in [0.717, 1.165) is 22.2 Å². The van der Waals surface area contributed by atoms with Crippen LogP contribution in [0, 0.1) is 13.8 Å². The van der Waals surface area contributed by atoms with E-state index in [4.69, 9.17) is 10.5 Å². The summed E-state index contributed by atoms with van der Waals surface area (Å²) in [5.41, 5.74) is 9.60. The number of hydrogen-bond acceptors (Lipinski definition) is 4. The number of nitrogens with one attached hydrogen (secondary N) is 1. The average Bonchev–Trinajstić information content (AvgIpc) is 2.59. The number of nitrogens with two attached hydrogens (primary N) is 1. The van der Waals surface area contributed by atoms with Crippen molar-refractivity contribution in [2.75, 3.05) is 12.3 Å². The molecule has 0 saturated heterocycles. The Morgan fingerprint density at radius 1 is 1.15 bits per heavy atom. The average molecular weight is 363 g/mol. The second kappa shape index (κ2) is 7.27. The van der Waals surface area contributed by atoms with Gasteiger partial charge in [0, 0.05) is 16.9 Å². The van der Waals surface area contributed by atoms with Crippen molar-refractivity contribution >= 4 is 22.5 Å². The molecule has 0 aliphatic rings. The molecule has 0 radical (unpaired) electrons. The fourth-order valence-corrected chi connectivity index (χ4v) is 3.00. The van der Waals surface area contributed by atoms with Crippen LogP contribution in [0.3, 0.4) is 0 Å². The van der Waals surface area contributed by atoms with Crippen LogP contribution in [-0.2, 0) is 0 Å². The summed E-state index contributed by atoms with van der Waals surface area (Å²) in [6, 6.07) is 15.0. The Balaban J connectivity index is 1.76. The Morgan fingerprint density at radius 2 is 1.89 bits per heavy atom. The molecule has 2 aromatic carbocycles. The molecule has 0 unspecified atom stereocenters. The summed E-state index contributed by atoms with van der Waals surface area (Å²) in [7, 11) is 0. The number of hydrogen-bond donors (Lipinski definition) is 2. The van der Waals surface area contributed by atoms with Crippen molar-refractivity contribution in [3.05, 3.63) is 65.4 Å². The first-order valence-electron chi connectivity index (χ1n) is 8.93. The van der Waals surface area contributed by atoms with Gasteiger partial charge in [-0.1, -0.05) is 23.8 Å². The number of aryl methyl sites for hydroxylation is 2. The van der Waals surface area contributed by atoms with Crippen molar-refractivity contribution in [2.45, 2.75) is 33.2 Å². The van der Waals surface area contributed by atoms with E-state index in [2.05, 4.69) is 10.3 Å². The monoisotopic (exact) mass is 363 g/mol. The molecule has 1 aromatic heterocycles. The molecule has 1 amide bonds. The van der Waals surface area contributed by atoms with Crippen molar-refractivity contribution in [1.29, 1.82) is 0 Å². The highest BCUT2D eigenvalue weighted by molar-refractivity contribution is 5.96. The summed E-state index contributed by atoms with van der Waals surface area (Å²) >= 11 is 0. The van der Waals surface area contributed by atoms with E-state index in [1.54, 1.807) is 6.07 Å². The highest BCUT2D eigenvalue weighted by Gasteiger charge is 2.23. The molecule has 0 saturated carbocycles. The van der Waals surface area contributed by atoms with Crippen LogP contribution in [0.15, 0.2) is 48.5 Å². The lowest BCUT2D eigenvalue weighted by Gasteiger charge is -2.27. The minimum Gasteiger partial charge on any atom is -0.490 e. The number of nitrogen functional groups attached to an aromatic ring is 1. The fourth-order valence-electron chi connectivity index (χ4n) is 3.00. The van der Waals surface area contributed by atoms with Gasteiger partial charge in [0.1, 0.15) is 12.4 Å². The number of aromatic nitrogens is 1. The van der Waals surface area contributed by atoms with Gasteiger partial charge in [0.15, 0.2) is 0 Å². The maximum Gasteiger partial charge on any atom is 0.251 e. The Bertz CT molecular complexity index is 996. The SMILES string of the molecule is Cc1cccc(C(=O)NC(C)(C)COc2cccc3nc(C)cc(N)c23)c1. The number of amides is 1. The molecule has 0 fully saturated rings. The summed E-state index contributed by atoms with van der Waals surface area (Å²) in [5.74, 6) is 0.539. The lowest BCUT2D eigenvalue weighted by atomic mass is 10.0. The number of pyridine rings is 1. The molecule has 0 spiro atoms. The van der Waals surface area contributed by atoms with Crippen molar-refractivity contribution in [3.63, 3.8) is 0 Å². The molecule has 140 valence electrons. The van der Waals surface area contributed by atoms with Crippen molar-refractivity contribution in [3.8, 4) is 5.75 Å². The number of fused-ring (bicyclic) bond motifs is 1. The number of carbonyl (C=O) groups excluding carboxylic acids is 1. The Morgan fingerprint density at radius 3 is 2.63 bits per heavy atom. The van der Waals surface area contributed by atoms with E-state index in [1.165, 1.54) is 0 Å². The second-order valence-corrected chi connectivity index (χ2v) is 7.50. The lowest BCUT2D eigenvalue weighted by molar-refractivity contribution is 0.0881. The molecule has 0 aliphatic carbocycles. The summed E-state index contributed by atoms with van der Waals surface area (Å²) in [6.45, 7) is 8.03. The third-order valence-corrected chi connectivity index (χ3v) is 4.27. The van der Waals surface area contributed by atoms with E-state index in [0.29, 0.717) is 23.6 Å². The minimum absolute atomic E-state index is 0.123. The number of ether oxygens (including phenoxy) is 1. The van der Waals surface area contributed by atoms with Crippen molar-refractivity contribution in [2.24, 2.45) is 0 Å². The van der Waals surface area contributed by atoms with Gasteiger partial charge < -0.3 is 15.8 Å². The van der Waals surface area contributed by atoms with Gasteiger partial charge in [0.2, 0.25) is 0 Å². The maximum atomic E-state index is 12.5. The number of rotatable bonds is 5. The number of carbonyl (C=O) groups is 1. The number of anilines is 1. The van der Waals surface area contributed by atoms with Crippen molar-refractivity contribution in [1.82, 2.24) is 10.3 Å². The molecular formula is C22H25N3O2. The predicted molar refractivity (Wildman–Crippen MR) is 109 cm³/mol. The second-order valence-electron chi connectivity index (χ2n) is 7.50. The molecular weight excluding hydrogens is 338 g/mol. The van der Waals surface area contributed by atoms with Crippen LogP contribution in [0.5, 0.6) is 5.75 Å².